The second-order valence-electron chi connectivity index (χ2n) is 7.30. The van der Waals surface area contributed by atoms with Gasteiger partial charge in [0.15, 0.2) is 6.61 Å². The molecule has 6 heteroatoms. The summed E-state index contributed by atoms with van der Waals surface area (Å²) in [5.41, 5.74) is 0. The zero-order valence-electron chi connectivity index (χ0n) is 14.8. The van der Waals surface area contributed by atoms with Gasteiger partial charge in [0.1, 0.15) is 17.4 Å². The molecule has 138 valence electrons. The largest absolute Gasteiger partial charge is 0.484 e. The molecule has 1 atom stereocenters. The van der Waals surface area contributed by atoms with Gasteiger partial charge in [-0.15, -0.1) is 0 Å². The second-order valence-corrected chi connectivity index (χ2v) is 7.30. The zero-order chi connectivity index (χ0) is 17.9. The van der Waals surface area contributed by atoms with Crippen molar-refractivity contribution in [3.8, 4) is 5.75 Å². The maximum Gasteiger partial charge on any atom is 0.260 e. The van der Waals surface area contributed by atoms with E-state index in [4.69, 9.17) is 4.74 Å². The molecule has 1 unspecified atom stereocenters. The van der Waals surface area contributed by atoms with Crippen LogP contribution < -0.4 is 4.74 Å². The van der Waals surface area contributed by atoms with E-state index in [0.29, 0.717) is 12.3 Å². The summed E-state index contributed by atoms with van der Waals surface area (Å²) >= 11 is 0. The topological polar surface area (TPSA) is 47.4 Å². The molecule has 1 aliphatic heterocycles. The van der Waals surface area contributed by atoms with Gasteiger partial charge in [-0.2, -0.15) is 0 Å². The van der Waals surface area contributed by atoms with Crippen LogP contribution in [0.3, 0.4) is 0 Å². The number of likely N-dealkylation sites (tertiary alicyclic amines) is 1. The number of carbonyl (C=O) groups excluding carboxylic acids is 1. The predicted octanol–water partition coefficient (Wildman–Crippen LogP) is 3.22. The molecular weight excluding hydrogens is 333 g/mol. The zero-order valence-corrected chi connectivity index (χ0v) is 14.8. The summed E-state index contributed by atoms with van der Waals surface area (Å²) in [7, 11) is 0. The van der Waals surface area contributed by atoms with Gasteiger partial charge >= 0.3 is 0 Å². The van der Waals surface area contributed by atoms with E-state index < -0.39 is 0 Å². The van der Waals surface area contributed by atoms with Crippen molar-refractivity contribution in [1.82, 2.24) is 14.5 Å². The SMILES string of the molecule is O=C(COc1ccc(F)cc1)N1CCCC(c2nccn2CC2CC2)C1. The van der Waals surface area contributed by atoms with Gasteiger partial charge < -0.3 is 14.2 Å². The minimum Gasteiger partial charge on any atom is -0.484 e. The van der Waals surface area contributed by atoms with E-state index in [1.165, 1.54) is 37.1 Å². The highest BCUT2D eigenvalue weighted by Crippen LogP contribution is 2.33. The number of piperidine rings is 1. The summed E-state index contributed by atoms with van der Waals surface area (Å²) in [6.07, 6.45) is 8.59. The smallest absolute Gasteiger partial charge is 0.260 e. The molecule has 1 aromatic carbocycles. The van der Waals surface area contributed by atoms with Crippen LogP contribution in [0, 0.1) is 11.7 Å². The van der Waals surface area contributed by atoms with Crippen LogP contribution >= 0.6 is 0 Å². The van der Waals surface area contributed by atoms with Gasteiger partial charge in [0, 0.05) is 37.9 Å². The predicted molar refractivity (Wildman–Crippen MR) is 95.4 cm³/mol. The van der Waals surface area contributed by atoms with Gasteiger partial charge in [-0.3, -0.25) is 4.79 Å². The maximum absolute atomic E-state index is 12.9. The summed E-state index contributed by atoms with van der Waals surface area (Å²) in [6.45, 7) is 2.47. The molecule has 1 saturated heterocycles. The lowest BCUT2D eigenvalue weighted by atomic mass is 9.97. The molecule has 1 aromatic heterocycles. The van der Waals surface area contributed by atoms with E-state index in [1.807, 2.05) is 11.1 Å². The first-order valence-corrected chi connectivity index (χ1v) is 9.36. The third-order valence-corrected chi connectivity index (χ3v) is 5.21. The molecule has 0 N–H and O–H groups in total. The van der Waals surface area contributed by atoms with Crippen molar-refractivity contribution < 1.29 is 13.9 Å². The van der Waals surface area contributed by atoms with Gasteiger partial charge in [-0.05, 0) is 55.9 Å². The monoisotopic (exact) mass is 357 g/mol. The van der Waals surface area contributed by atoms with E-state index in [-0.39, 0.29) is 24.2 Å². The van der Waals surface area contributed by atoms with E-state index in [9.17, 15) is 9.18 Å². The lowest BCUT2D eigenvalue weighted by Crippen LogP contribution is -2.42. The molecule has 26 heavy (non-hydrogen) atoms. The number of rotatable bonds is 6. The van der Waals surface area contributed by atoms with Crippen molar-refractivity contribution in [1.29, 1.82) is 0 Å². The molecule has 4 rings (SSSR count). The Bertz CT molecular complexity index is 755. The minimum atomic E-state index is -0.316. The summed E-state index contributed by atoms with van der Waals surface area (Å²) < 4.78 is 20.7. The molecular formula is C20H24FN3O2. The highest BCUT2D eigenvalue weighted by atomic mass is 19.1. The van der Waals surface area contributed by atoms with Gasteiger partial charge in [0.05, 0.1) is 0 Å². The van der Waals surface area contributed by atoms with Gasteiger partial charge in [0.25, 0.3) is 5.91 Å². The molecule has 1 amide bonds. The fourth-order valence-corrected chi connectivity index (χ4v) is 3.60. The maximum atomic E-state index is 12.9. The third-order valence-electron chi connectivity index (χ3n) is 5.21. The number of nitrogens with zero attached hydrogens (tertiary/aromatic N) is 3. The van der Waals surface area contributed by atoms with Gasteiger partial charge in [0.2, 0.25) is 0 Å². The fraction of sp³-hybridized carbons (Fsp3) is 0.500. The first kappa shape index (κ1) is 17.1. The van der Waals surface area contributed by atoms with E-state index >= 15 is 0 Å². The highest BCUT2D eigenvalue weighted by molar-refractivity contribution is 5.78. The Balaban J connectivity index is 1.34. The second kappa shape index (κ2) is 7.48. The average Bonchev–Trinajstić information content (AvgIpc) is 3.36. The van der Waals surface area contributed by atoms with Crippen molar-refractivity contribution in [2.75, 3.05) is 19.7 Å². The van der Waals surface area contributed by atoms with Crippen LogP contribution in [0.25, 0.3) is 0 Å². The molecule has 0 spiro atoms. The van der Waals surface area contributed by atoms with E-state index in [2.05, 4.69) is 15.7 Å². The number of aromatic nitrogens is 2. The summed E-state index contributed by atoms with van der Waals surface area (Å²) in [4.78, 5) is 19.0. The summed E-state index contributed by atoms with van der Waals surface area (Å²) in [6, 6.07) is 5.74. The standard InChI is InChI=1S/C20H24FN3O2/c21-17-5-7-18(8-6-17)26-14-19(25)23-10-1-2-16(13-23)20-22-9-11-24(20)12-15-3-4-15/h5-9,11,15-16H,1-4,10,12-14H2. The van der Waals surface area contributed by atoms with E-state index in [1.54, 1.807) is 0 Å². The molecule has 1 aliphatic carbocycles. The number of carbonyl (C=O) groups is 1. The fourth-order valence-electron chi connectivity index (χ4n) is 3.60. The van der Waals surface area contributed by atoms with Crippen LogP contribution in [-0.4, -0.2) is 40.1 Å². The van der Waals surface area contributed by atoms with Crippen molar-refractivity contribution in [2.24, 2.45) is 5.92 Å². The molecule has 1 saturated carbocycles. The molecule has 5 nitrogen and oxygen atoms in total. The number of hydrogen-bond acceptors (Lipinski definition) is 3. The quantitative estimate of drug-likeness (QED) is 0.798. The molecule has 0 radical (unpaired) electrons. The Kier molecular flexibility index (Phi) is 4.91. The molecule has 0 bridgehead atoms. The van der Waals surface area contributed by atoms with Gasteiger partial charge in [-0.1, -0.05) is 0 Å². The lowest BCUT2D eigenvalue weighted by Gasteiger charge is -2.32. The Labute approximate surface area is 152 Å². The minimum absolute atomic E-state index is 0.0190. The van der Waals surface area contributed by atoms with Crippen molar-refractivity contribution >= 4 is 5.91 Å². The van der Waals surface area contributed by atoms with Crippen molar-refractivity contribution in [2.45, 2.75) is 38.1 Å². The summed E-state index contributed by atoms with van der Waals surface area (Å²) in [5.74, 6) is 2.35. The first-order chi connectivity index (χ1) is 12.7. The molecule has 2 heterocycles. The van der Waals surface area contributed by atoms with Crippen LogP contribution in [0.2, 0.25) is 0 Å². The molecule has 2 aliphatic rings. The van der Waals surface area contributed by atoms with Crippen LogP contribution in [0.15, 0.2) is 36.7 Å². The first-order valence-electron chi connectivity index (χ1n) is 9.36. The number of imidazole rings is 1. The average molecular weight is 357 g/mol. The summed E-state index contributed by atoms with van der Waals surface area (Å²) in [5, 5.41) is 0. The number of ether oxygens (including phenoxy) is 1. The van der Waals surface area contributed by atoms with Crippen LogP contribution in [-0.2, 0) is 11.3 Å². The molecule has 2 fully saturated rings. The number of benzene rings is 1. The number of amides is 1. The number of halogens is 1. The van der Waals surface area contributed by atoms with Gasteiger partial charge in [-0.25, -0.2) is 9.37 Å². The van der Waals surface area contributed by atoms with Crippen LogP contribution in [0.5, 0.6) is 5.75 Å². The Hall–Kier alpha value is -2.37. The molecule has 2 aromatic rings. The van der Waals surface area contributed by atoms with Crippen molar-refractivity contribution in [3.05, 3.63) is 48.3 Å². The third kappa shape index (κ3) is 4.06. The van der Waals surface area contributed by atoms with Crippen molar-refractivity contribution in [3.63, 3.8) is 0 Å². The normalized spacial score (nSPS) is 20.2. The Morgan fingerprint density at radius 2 is 2.04 bits per heavy atom. The highest BCUT2D eigenvalue weighted by Gasteiger charge is 2.29. The lowest BCUT2D eigenvalue weighted by molar-refractivity contribution is -0.134. The Morgan fingerprint density at radius 1 is 1.23 bits per heavy atom. The van der Waals surface area contributed by atoms with Crippen LogP contribution in [0.1, 0.15) is 37.4 Å². The Morgan fingerprint density at radius 3 is 2.81 bits per heavy atom. The van der Waals surface area contributed by atoms with E-state index in [0.717, 1.165) is 37.7 Å². The number of hydrogen-bond donors (Lipinski definition) is 0. The van der Waals surface area contributed by atoms with Crippen LogP contribution in [0.4, 0.5) is 4.39 Å².